The zero-order valence-electron chi connectivity index (χ0n) is 10.8. The van der Waals surface area contributed by atoms with E-state index in [1.807, 2.05) is 0 Å². The largest absolute Gasteiger partial charge is 0.417 e. The van der Waals surface area contributed by atoms with Gasteiger partial charge in [0.25, 0.3) is 0 Å². The average Bonchev–Trinajstić information content (AvgIpc) is 2.42. The number of hydrogen-bond acceptors (Lipinski definition) is 1. The van der Waals surface area contributed by atoms with Crippen LogP contribution in [0.25, 0.3) is 0 Å². The zero-order valence-corrected chi connectivity index (χ0v) is 13.2. The van der Waals surface area contributed by atoms with E-state index in [1.165, 1.54) is 6.07 Å². The van der Waals surface area contributed by atoms with Crippen LogP contribution in [0.15, 0.2) is 42.5 Å². The first-order valence-electron chi connectivity index (χ1n) is 5.96. The second-order valence-corrected chi connectivity index (χ2v) is 5.53. The van der Waals surface area contributed by atoms with Gasteiger partial charge in [0.15, 0.2) is 5.11 Å². The Morgan fingerprint density at radius 3 is 2.05 bits per heavy atom. The molecule has 2 aromatic carbocycles. The van der Waals surface area contributed by atoms with Gasteiger partial charge in [-0.25, -0.2) is 0 Å². The van der Waals surface area contributed by atoms with Gasteiger partial charge in [0.05, 0.1) is 10.6 Å². The topological polar surface area (TPSA) is 24.1 Å². The molecular weight excluding hydrogens is 356 g/mol. The molecule has 0 aromatic heterocycles. The fourth-order valence-corrected chi connectivity index (χ4v) is 2.23. The molecule has 0 radical (unpaired) electrons. The van der Waals surface area contributed by atoms with Crippen molar-refractivity contribution in [2.24, 2.45) is 0 Å². The number of benzene rings is 2. The van der Waals surface area contributed by atoms with Crippen molar-refractivity contribution in [3.8, 4) is 0 Å². The molecule has 0 atom stereocenters. The lowest BCUT2D eigenvalue weighted by atomic mass is 10.2. The van der Waals surface area contributed by atoms with E-state index in [4.69, 9.17) is 35.4 Å². The van der Waals surface area contributed by atoms with Crippen molar-refractivity contribution in [1.29, 1.82) is 0 Å². The molecule has 0 unspecified atom stereocenters. The number of hydrogen-bond donors (Lipinski definition) is 2. The first kappa shape index (κ1) is 16.9. The third kappa shape index (κ3) is 4.50. The molecule has 0 aliphatic carbocycles. The lowest BCUT2D eigenvalue weighted by molar-refractivity contribution is -0.137. The van der Waals surface area contributed by atoms with Gasteiger partial charge in [0.1, 0.15) is 0 Å². The van der Waals surface area contributed by atoms with Gasteiger partial charge in [-0.15, -0.1) is 0 Å². The molecule has 8 heteroatoms. The summed E-state index contributed by atoms with van der Waals surface area (Å²) in [5.41, 5.74) is -0.0800. The molecule has 116 valence electrons. The predicted octanol–water partition coefficient (Wildman–Crippen LogP) is 5.82. The third-order valence-electron chi connectivity index (χ3n) is 2.63. The van der Waals surface area contributed by atoms with Crippen LogP contribution in [0.3, 0.4) is 0 Å². The minimum atomic E-state index is -4.53. The molecule has 22 heavy (non-hydrogen) atoms. The minimum Gasteiger partial charge on any atom is -0.332 e. The number of rotatable bonds is 2. The van der Waals surface area contributed by atoms with Crippen LogP contribution in [-0.2, 0) is 6.18 Å². The fraction of sp³-hybridized carbons (Fsp3) is 0.0714. The van der Waals surface area contributed by atoms with Crippen LogP contribution in [0.1, 0.15) is 5.56 Å². The molecule has 0 spiro atoms. The molecule has 0 amide bonds. The van der Waals surface area contributed by atoms with E-state index in [0.717, 1.165) is 12.1 Å². The van der Waals surface area contributed by atoms with Crippen molar-refractivity contribution >= 4 is 51.9 Å². The maximum Gasteiger partial charge on any atom is 0.417 e. The van der Waals surface area contributed by atoms with Crippen molar-refractivity contribution in [2.45, 2.75) is 6.18 Å². The van der Waals surface area contributed by atoms with Crippen LogP contribution < -0.4 is 10.6 Å². The maximum absolute atomic E-state index is 12.8. The Balaban J connectivity index is 2.10. The molecule has 2 aromatic rings. The first-order valence-corrected chi connectivity index (χ1v) is 7.12. The quantitative estimate of drug-likeness (QED) is 0.656. The van der Waals surface area contributed by atoms with Crippen molar-refractivity contribution in [2.75, 3.05) is 10.6 Å². The zero-order chi connectivity index (χ0) is 16.3. The average molecular weight is 365 g/mol. The van der Waals surface area contributed by atoms with E-state index in [9.17, 15) is 13.2 Å². The molecule has 0 aliphatic rings. The summed E-state index contributed by atoms with van der Waals surface area (Å²) in [7, 11) is 0. The van der Waals surface area contributed by atoms with E-state index >= 15 is 0 Å². The Kier molecular flexibility index (Phi) is 5.16. The second-order valence-electron chi connectivity index (χ2n) is 4.28. The standard InChI is InChI=1S/C14H9Cl2F3N2S/c15-8-1-3-9(4-2-8)20-13(22)21-10-5-6-12(16)11(7-10)14(17,18)19/h1-7H,(H2,20,21,22). The van der Waals surface area contributed by atoms with E-state index in [1.54, 1.807) is 24.3 Å². The highest BCUT2D eigenvalue weighted by Crippen LogP contribution is 2.36. The lowest BCUT2D eigenvalue weighted by Gasteiger charge is -2.14. The molecule has 0 bridgehead atoms. The molecule has 0 fully saturated rings. The highest BCUT2D eigenvalue weighted by molar-refractivity contribution is 7.80. The summed E-state index contributed by atoms with van der Waals surface area (Å²) >= 11 is 16.4. The molecular formula is C14H9Cl2F3N2S. The van der Waals surface area contributed by atoms with E-state index < -0.39 is 11.7 Å². The first-order chi connectivity index (χ1) is 10.3. The number of halogens is 5. The Bertz CT molecular complexity index is 687. The SMILES string of the molecule is FC(F)(F)c1cc(NC(=S)Nc2ccc(Cl)cc2)ccc1Cl. The van der Waals surface area contributed by atoms with Crippen LogP contribution in [-0.4, -0.2) is 5.11 Å². The molecule has 2 nitrogen and oxygen atoms in total. The Hall–Kier alpha value is -1.50. The molecule has 0 saturated carbocycles. The summed E-state index contributed by atoms with van der Waals surface area (Å²) < 4.78 is 38.3. The lowest BCUT2D eigenvalue weighted by Crippen LogP contribution is -2.19. The molecule has 2 rings (SSSR count). The van der Waals surface area contributed by atoms with E-state index in [0.29, 0.717) is 10.7 Å². The van der Waals surface area contributed by atoms with Gasteiger partial charge < -0.3 is 10.6 Å². The number of thiocarbonyl (C=S) groups is 1. The van der Waals surface area contributed by atoms with Gasteiger partial charge in [-0.3, -0.25) is 0 Å². The summed E-state index contributed by atoms with van der Waals surface area (Å²) in [6.07, 6.45) is -4.53. The molecule has 0 saturated heterocycles. The Morgan fingerprint density at radius 2 is 1.45 bits per heavy atom. The summed E-state index contributed by atoms with van der Waals surface area (Å²) in [6, 6.07) is 10.2. The van der Waals surface area contributed by atoms with Gasteiger partial charge in [0, 0.05) is 16.4 Å². The highest BCUT2D eigenvalue weighted by atomic mass is 35.5. The fourth-order valence-electron chi connectivity index (χ4n) is 1.65. The normalized spacial score (nSPS) is 11.1. The summed E-state index contributed by atoms with van der Waals surface area (Å²) in [5, 5.41) is 5.86. The van der Waals surface area contributed by atoms with Crippen LogP contribution in [0.5, 0.6) is 0 Å². The Labute approximate surface area is 140 Å². The van der Waals surface area contributed by atoms with E-state index in [2.05, 4.69) is 10.6 Å². The van der Waals surface area contributed by atoms with Gasteiger partial charge in [-0.05, 0) is 54.7 Å². The second kappa shape index (κ2) is 6.73. The van der Waals surface area contributed by atoms with Crippen LogP contribution in [0.2, 0.25) is 10.0 Å². The van der Waals surface area contributed by atoms with Crippen molar-refractivity contribution in [3.05, 3.63) is 58.1 Å². The molecule has 0 heterocycles. The monoisotopic (exact) mass is 364 g/mol. The number of nitrogens with one attached hydrogen (secondary N) is 2. The van der Waals surface area contributed by atoms with Crippen molar-refractivity contribution in [1.82, 2.24) is 0 Å². The number of anilines is 2. The Morgan fingerprint density at radius 1 is 0.909 bits per heavy atom. The van der Waals surface area contributed by atoms with E-state index in [-0.39, 0.29) is 15.8 Å². The highest BCUT2D eigenvalue weighted by Gasteiger charge is 2.33. The minimum absolute atomic E-state index is 0.151. The van der Waals surface area contributed by atoms with Gasteiger partial charge in [-0.1, -0.05) is 23.2 Å². The van der Waals surface area contributed by atoms with Crippen LogP contribution in [0.4, 0.5) is 24.5 Å². The summed E-state index contributed by atoms with van der Waals surface area (Å²) in [6.45, 7) is 0. The number of alkyl halides is 3. The smallest absolute Gasteiger partial charge is 0.332 e. The van der Waals surface area contributed by atoms with Crippen molar-refractivity contribution in [3.63, 3.8) is 0 Å². The van der Waals surface area contributed by atoms with Crippen LogP contribution >= 0.6 is 35.4 Å². The third-order valence-corrected chi connectivity index (χ3v) is 3.42. The maximum atomic E-state index is 12.8. The summed E-state index contributed by atoms with van der Waals surface area (Å²) in [5.74, 6) is 0. The van der Waals surface area contributed by atoms with Crippen LogP contribution in [0, 0.1) is 0 Å². The summed E-state index contributed by atoms with van der Waals surface area (Å²) in [4.78, 5) is 0. The van der Waals surface area contributed by atoms with Gasteiger partial charge in [-0.2, -0.15) is 13.2 Å². The van der Waals surface area contributed by atoms with Gasteiger partial charge in [0.2, 0.25) is 0 Å². The predicted molar refractivity (Wildman–Crippen MR) is 87.7 cm³/mol. The molecule has 0 aliphatic heterocycles. The van der Waals surface area contributed by atoms with Crippen molar-refractivity contribution < 1.29 is 13.2 Å². The van der Waals surface area contributed by atoms with Gasteiger partial charge >= 0.3 is 6.18 Å². The molecule has 2 N–H and O–H groups in total.